The summed E-state index contributed by atoms with van der Waals surface area (Å²) in [5.41, 5.74) is 1.79. The predicted molar refractivity (Wildman–Crippen MR) is 144 cm³/mol. The molecular formula is C29H39N3O4S. The van der Waals surface area contributed by atoms with Crippen LogP contribution in [0.15, 0.2) is 59.5 Å². The largest absolute Gasteiger partial charge is 0.349 e. The van der Waals surface area contributed by atoms with Crippen molar-refractivity contribution < 1.29 is 18.0 Å². The molecule has 200 valence electrons. The predicted octanol–water partition coefficient (Wildman–Crippen LogP) is 3.81. The van der Waals surface area contributed by atoms with Gasteiger partial charge in [-0.1, -0.05) is 56.3 Å². The molecule has 2 aliphatic heterocycles. The highest BCUT2D eigenvalue weighted by Gasteiger charge is 2.47. The van der Waals surface area contributed by atoms with Gasteiger partial charge in [-0.2, -0.15) is 0 Å². The van der Waals surface area contributed by atoms with E-state index in [1.54, 1.807) is 24.3 Å². The lowest BCUT2D eigenvalue weighted by molar-refractivity contribution is -0.139. The highest BCUT2D eigenvalue weighted by molar-refractivity contribution is 7.90. The summed E-state index contributed by atoms with van der Waals surface area (Å²) in [4.78, 5) is 30.5. The van der Waals surface area contributed by atoms with Crippen LogP contribution in [0, 0.1) is 11.3 Å². The van der Waals surface area contributed by atoms with E-state index in [1.807, 2.05) is 36.9 Å². The van der Waals surface area contributed by atoms with Gasteiger partial charge >= 0.3 is 0 Å². The van der Waals surface area contributed by atoms with Crippen molar-refractivity contribution in [3.63, 3.8) is 0 Å². The van der Waals surface area contributed by atoms with Crippen LogP contribution in [0.25, 0.3) is 0 Å². The van der Waals surface area contributed by atoms with Crippen LogP contribution in [0.1, 0.15) is 56.7 Å². The molecule has 0 unspecified atom stereocenters. The summed E-state index contributed by atoms with van der Waals surface area (Å²) in [5.74, 6) is 0.231. The molecule has 2 aliphatic rings. The first kappa shape index (κ1) is 27.3. The zero-order valence-electron chi connectivity index (χ0n) is 22.2. The number of hydrogen-bond acceptors (Lipinski definition) is 5. The number of carbonyl (C=O) groups is 2. The summed E-state index contributed by atoms with van der Waals surface area (Å²) in [7, 11) is -3.23. The minimum absolute atomic E-state index is 0.0234. The second kappa shape index (κ2) is 11.4. The molecule has 8 heteroatoms. The fourth-order valence-electron chi connectivity index (χ4n) is 5.43. The molecule has 0 aliphatic carbocycles. The molecule has 2 heterocycles. The fraction of sp³-hybridized carbons (Fsp3) is 0.517. The summed E-state index contributed by atoms with van der Waals surface area (Å²) in [5, 5.41) is 3.21. The van der Waals surface area contributed by atoms with Crippen molar-refractivity contribution in [2.75, 3.05) is 32.4 Å². The van der Waals surface area contributed by atoms with Gasteiger partial charge in [0.1, 0.15) is 0 Å². The average Bonchev–Trinajstić information content (AvgIpc) is 3.17. The Kier molecular flexibility index (Phi) is 8.39. The van der Waals surface area contributed by atoms with E-state index in [1.165, 1.54) is 6.26 Å². The maximum atomic E-state index is 13.4. The summed E-state index contributed by atoms with van der Waals surface area (Å²) in [6.45, 7) is 7.71. The third-order valence-electron chi connectivity index (χ3n) is 7.92. The monoisotopic (exact) mass is 525 g/mol. The third-order valence-corrected chi connectivity index (χ3v) is 9.04. The number of sulfone groups is 1. The Morgan fingerprint density at radius 3 is 2.19 bits per heavy atom. The van der Waals surface area contributed by atoms with Crippen molar-refractivity contribution in [3.8, 4) is 0 Å². The van der Waals surface area contributed by atoms with Crippen LogP contribution in [-0.2, 0) is 26.0 Å². The molecule has 4 rings (SSSR count). The second-order valence-electron chi connectivity index (χ2n) is 10.9. The smallest absolute Gasteiger partial charge is 0.229 e. The Morgan fingerprint density at radius 1 is 0.973 bits per heavy atom. The fourth-order valence-corrected chi connectivity index (χ4v) is 6.06. The highest BCUT2D eigenvalue weighted by atomic mass is 32.2. The van der Waals surface area contributed by atoms with Crippen LogP contribution >= 0.6 is 0 Å². The molecule has 37 heavy (non-hydrogen) atoms. The Bertz CT molecular complexity index is 1190. The normalized spacial score (nSPS) is 18.9. The summed E-state index contributed by atoms with van der Waals surface area (Å²) in [6, 6.07) is 17.0. The molecule has 1 N–H and O–H groups in total. The van der Waals surface area contributed by atoms with Crippen molar-refractivity contribution in [2.45, 2.75) is 57.0 Å². The van der Waals surface area contributed by atoms with Crippen molar-refractivity contribution >= 4 is 21.7 Å². The first-order valence-electron chi connectivity index (χ1n) is 13.2. The topological polar surface area (TPSA) is 86.8 Å². The number of nitrogens with one attached hydrogen (secondary N) is 1. The van der Waals surface area contributed by atoms with E-state index in [9.17, 15) is 18.0 Å². The summed E-state index contributed by atoms with van der Waals surface area (Å²) >= 11 is 0. The summed E-state index contributed by atoms with van der Waals surface area (Å²) < 4.78 is 23.4. The number of likely N-dealkylation sites (tertiary alicyclic amines) is 2. The first-order valence-corrected chi connectivity index (χ1v) is 15.1. The van der Waals surface area contributed by atoms with Gasteiger partial charge in [-0.05, 0) is 62.0 Å². The lowest BCUT2D eigenvalue weighted by atomic mass is 9.77. The molecule has 1 atom stereocenters. The van der Waals surface area contributed by atoms with Crippen LogP contribution in [0.5, 0.6) is 0 Å². The second-order valence-corrected chi connectivity index (χ2v) is 12.9. The van der Waals surface area contributed by atoms with Gasteiger partial charge in [-0.25, -0.2) is 8.42 Å². The maximum Gasteiger partial charge on any atom is 0.229 e. The van der Waals surface area contributed by atoms with Crippen LogP contribution in [0.2, 0.25) is 0 Å². The summed E-state index contributed by atoms with van der Waals surface area (Å²) in [6.07, 6.45) is 4.61. The lowest BCUT2D eigenvalue weighted by Crippen LogP contribution is -2.45. The van der Waals surface area contributed by atoms with E-state index in [0.717, 1.165) is 63.0 Å². The molecule has 2 fully saturated rings. The maximum absolute atomic E-state index is 13.4. The third kappa shape index (κ3) is 6.60. The van der Waals surface area contributed by atoms with Crippen molar-refractivity contribution in [1.29, 1.82) is 0 Å². The number of benzene rings is 2. The van der Waals surface area contributed by atoms with Gasteiger partial charge in [-0.3, -0.25) is 9.59 Å². The van der Waals surface area contributed by atoms with Gasteiger partial charge in [-0.15, -0.1) is 0 Å². The van der Waals surface area contributed by atoms with E-state index >= 15 is 0 Å². The van der Waals surface area contributed by atoms with Gasteiger partial charge in [0.15, 0.2) is 9.84 Å². The SMILES string of the molecule is CC(C)C(=O)N[C@@H](CCN1CCC2(CC1)CCN(Cc1ccc(S(C)(=O)=O)cc1)C2=O)c1ccccc1. The Balaban J connectivity index is 1.31. The number of amides is 2. The number of piperidine rings is 1. The molecule has 2 saturated heterocycles. The Labute approximate surface area is 221 Å². The van der Waals surface area contributed by atoms with Crippen LogP contribution in [-0.4, -0.2) is 62.5 Å². The minimum Gasteiger partial charge on any atom is -0.349 e. The molecule has 0 aromatic heterocycles. The zero-order chi connectivity index (χ0) is 26.6. The van der Waals surface area contributed by atoms with Crippen LogP contribution in [0.3, 0.4) is 0 Å². The molecule has 2 aromatic rings. The molecular weight excluding hydrogens is 486 g/mol. The number of nitrogens with zero attached hydrogens (tertiary/aromatic N) is 2. The van der Waals surface area contributed by atoms with Crippen LogP contribution < -0.4 is 5.32 Å². The van der Waals surface area contributed by atoms with E-state index < -0.39 is 9.84 Å². The van der Waals surface area contributed by atoms with E-state index in [4.69, 9.17) is 0 Å². The molecule has 2 aromatic carbocycles. The zero-order valence-corrected chi connectivity index (χ0v) is 23.0. The lowest BCUT2D eigenvalue weighted by Gasteiger charge is -2.38. The van der Waals surface area contributed by atoms with E-state index in [0.29, 0.717) is 11.4 Å². The minimum atomic E-state index is -3.23. The van der Waals surface area contributed by atoms with Gasteiger partial charge in [0.25, 0.3) is 0 Å². The molecule has 2 amide bonds. The van der Waals surface area contributed by atoms with E-state index in [2.05, 4.69) is 22.3 Å². The van der Waals surface area contributed by atoms with Crippen LogP contribution in [0.4, 0.5) is 0 Å². The van der Waals surface area contributed by atoms with Gasteiger partial charge in [0, 0.05) is 31.8 Å². The Morgan fingerprint density at radius 2 is 1.59 bits per heavy atom. The Hall–Kier alpha value is -2.71. The molecule has 0 bridgehead atoms. The van der Waals surface area contributed by atoms with Gasteiger partial charge in [0.05, 0.1) is 16.4 Å². The first-order chi connectivity index (χ1) is 17.6. The van der Waals surface area contributed by atoms with Crippen molar-refractivity contribution in [1.82, 2.24) is 15.1 Å². The number of hydrogen-bond donors (Lipinski definition) is 1. The van der Waals surface area contributed by atoms with E-state index in [-0.39, 0.29) is 29.2 Å². The van der Waals surface area contributed by atoms with Gasteiger partial charge in [0.2, 0.25) is 11.8 Å². The van der Waals surface area contributed by atoms with Crippen molar-refractivity contribution in [2.24, 2.45) is 11.3 Å². The number of rotatable bonds is 9. The standard InChI is InChI=1S/C29H39N3O4S/c1-22(2)27(33)30-26(24-7-5-4-6-8-24)13-17-31-18-14-29(15-19-31)16-20-32(28(29)34)21-23-9-11-25(12-10-23)37(3,35)36/h4-12,22,26H,13-21H2,1-3H3,(H,30,33)/t26-/m0/s1. The van der Waals surface area contributed by atoms with Gasteiger partial charge < -0.3 is 15.1 Å². The molecule has 0 radical (unpaired) electrons. The average molecular weight is 526 g/mol. The highest BCUT2D eigenvalue weighted by Crippen LogP contribution is 2.42. The van der Waals surface area contributed by atoms with Crippen molar-refractivity contribution in [3.05, 3.63) is 65.7 Å². The molecule has 1 spiro atoms. The molecule has 0 saturated carbocycles. The number of carbonyl (C=O) groups excluding carboxylic acids is 2. The quantitative estimate of drug-likeness (QED) is 0.538. The molecule has 7 nitrogen and oxygen atoms in total.